The van der Waals surface area contributed by atoms with Crippen molar-refractivity contribution in [1.82, 2.24) is 5.43 Å². The average Bonchev–Trinajstić information content (AvgIpc) is 2.18. The predicted molar refractivity (Wildman–Crippen MR) is 60.9 cm³/mol. The molecule has 0 aliphatic heterocycles. The lowest BCUT2D eigenvalue weighted by Gasteiger charge is -2.19. The molecular weight excluding hydrogens is 215 g/mol. The molecule has 1 unspecified atom stereocenters. The van der Waals surface area contributed by atoms with Crippen LogP contribution in [-0.4, -0.2) is 0 Å². The van der Waals surface area contributed by atoms with Crippen molar-refractivity contribution in [1.29, 1.82) is 0 Å². The van der Waals surface area contributed by atoms with Crippen LogP contribution in [0.1, 0.15) is 31.9 Å². The fourth-order valence-electron chi connectivity index (χ4n) is 1.54. The van der Waals surface area contributed by atoms with Crippen LogP contribution in [0.4, 0.5) is 4.39 Å². The molecule has 0 aromatic heterocycles. The number of rotatable bonds is 4. The molecule has 2 nitrogen and oxygen atoms in total. The Morgan fingerprint density at radius 3 is 2.67 bits per heavy atom. The summed E-state index contributed by atoms with van der Waals surface area (Å²) in [5, 5.41) is 0.524. The number of halogens is 2. The number of hydrazine groups is 1. The standard InChI is InChI=1S/C11H16ClFN2/c1-7(2)5-11(15-14)9-6-8(12)3-4-10(9)13/h3-4,6-7,11,15H,5,14H2,1-2H3. The van der Waals surface area contributed by atoms with E-state index in [2.05, 4.69) is 19.3 Å². The van der Waals surface area contributed by atoms with Gasteiger partial charge in [0.15, 0.2) is 0 Å². The van der Waals surface area contributed by atoms with E-state index in [1.807, 2.05) is 0 Å². The predicted octanol–water partition coefficient (Wildman–Crippen LogP) is 3.03. The van der Waals surface area contributed by atoms with Crippen LogP contribution in [0, 0.1) is 11.7 Å². The number of benzene rings is 1. The van der Waals surface area contributed by atoms with Crippen LogP contribution in [0.3, 0.4) is 0 Å². The molecule has 0 saturated heterocycles. The summed E-state index contributed by atoms with van der Waals surface area (Å²) in [4.78, 5) is 0. The van der Waals surface area contributed by atoms with Gasteiger partial charge in [-0.2, -0.15) is 0 Å². The van der Waals surface area contributed by atoms with Gasteiger partial charge >= 0.3 is 0 Å². The second-order valence-electron chi connectivity index (χ2n) is 4.01. The lowest BCUT2D eigenvalue weighted by molar-refractivity contribution is 0.423. The monoisotopic (exact) mass is 230 g/mol. The van der Waals surface area contributed by atoms with Crippen molar-refractivity contribution in [2.75, 3.05) is 0 Å². The van der Waals surface area contributed by atoms with Crippen molar-refractivity contribution in [3.05, 3.63) is 34.6 Å². The van der Waals surface area contributed by atoms with Crippen LogP contribution >= 0.6 is 11.6 Å². The van der Waals surface area contributed by atoms with Gasteiger partial charge in [-0.15, -0.1) is 0 Å². The van der Waals surface area contributed by atoms with E-state index in [-0.39, 0.29) is 11.9 Å². The highest BCUT2D eigenvalue weighted by Gasteiger charge is 2.15. The van der Waals surface area contributed by atoms with Crippen molar-refractivity contribution in [2.45, 2.75) is 26.3 Å². The third-order valence-corrected chi connectivity index (χ3v) is 2.48. The number of nitrogens with one attached hydrogen (secondary N) is 1. The van der Waals surface area contributed by atoms with Crippen LogP contribution in [0.5, 0.6) is 0 Å². The van der Waals surface area contributed by atoms with Crippen molar-refractivity contribution in [3.8, 4) is 0 Å². The maximum atomic E-state index is 13.5. The molecule has 0 aliphatic rings. The van der Waals surface area contributed by atoms with Crippen LogP contribution in [0.25, 0.3) is 0 Å². The minimum absolute atomic E-state index is 0.191. The van der Waals surface area contributed by atoms with E-state index < -0.39 is 0 Å². The summed E-state index contributed by atoms with van der Waals surface area (Å²) in [6.45, 7) is 4.12. The lowest BCUT2D eigenvalue weighted by Crippen LogP contribution is -2.29. The topological polar surface area (TPSA) is 38.0 Å². The Hall–Kier alpha value is -0.640. The van der Waals surface area contributed by atoms with Gasteiger partial charge in [-0.25, -0.2) is 4.39 Å². The molecule has 0 radical (unpaired) electrons. The molecule has 84 valence electrons. The van der Waals surface area contributed by atoms with Crippen molar-refractivity contribution >= 4 is 11.6 Å². The number of hydrogen-bond acceptors (Lipinski definition) is 2. The van der Waals surface area contributed by atoms with Gasteiger partial charge in [0.25, 0.3) is 0 Å². The van der Waals surface area contributed by atoms with Gasteiger partial charge in [0, 0.05) is 16.6 Å². The van der Waals surface area contributed by atoms with E-state index in [4.69, 9.17) is 17.4 Å². The molecule has 4 heteroatoms. The molecule has 1 atom stereocenters. The zero-order valence-corrected chi connectivity index (χ0v) is 9.68. The zero-order chi connectivity index (χ0) is 11.4. The molecular formula is C11H16ClFN2. The molecule has 15 heavy (non-hydrogen) atoms. The first-order valence-corrected chi connectivity index (χ1v) is 5.33. The SMILES string of the molecule is CC(C)CC(NN)c1cc(Cl)ccc1F. The summed E-state index contributed by atoms with van der Waals surface area (Å²) in [5.41, 5.74) is 3.15. The van der Waals surface area contributed by atoms with Crippen LogP contribution in [0.2, 0.25) is 5.02 Å². The summed E-state index contributed by atoms with van der Waals surface area (Å²) in [6.07, 6.45) is 0.772. The molecule has 0 bridgehead atoms. The molecule has 0 aliphatic carbocycles. The Kier molecular flexibility index (Phi) is 4.51. The van der Waals surface area contributed by atoms with Crippen LogP contribution in [0.15, 0.2) is 18.2 Å². The van der Waals surface area contributed by atoms with Crippen molar-refractivity contribution in [3.63, 3.8) is 0 Å². The average molecular weight is 231 g/mol. The van der Waals surface area contributed by atoms with Crippen LogP contribution in [-0.2, 0) is 0 Å². The van der Waals surface area contributed by atoms with Gasteiger partial charge in [0.1, 0.15) is 5.82 Å². The zero-order valence-electron chi connectivity index (χ0n) is 8.93. The summed E-state index contributed by atoms with van der Waals surface area (Å²) in [6, 6.07) is 4.32. The van der Waals surface area contributed by atoms with Crippen molar-refractivity contribution in [2.24, 2.45) is 11.8 Å². The molecule has 0 fully saturated rings. The third kappa shape index (κ3) is 3.45. The first-order valence-electron chi connectivity index (χ1n) is 4.95. The molecule has 1 aromatic carbocycles. The first kappa shape index (κ1) is 12.4. The fraction of sp³-hybridized carbons (Fsp3) is 0.455. The van der Waals surface area contributed by atoms with Crippen LogP contribution < -0.4 is 11.3 Å². The quantitative estimate of drug-likeness (QED) is 0.617. The highest BCUT2D eigenvalue weighted by Crippen LogP contribution is 2.25. The molecule has 0 heterocycles. The van der Waals surface area contributed by atoms with E-state index >= 15 is 0 Å². The van der Waals surface area contributed by atoms with E-state index in [1.165, 1.54) is 12.1 Å². The fourth-order valence-corrected chi connectivity index (χ4v) is 1.72. The maximum absolute atomic E-state index is 13.5. The highest BCUT2D eigenvalue weighted by atomic mass is 35.5. The Bertz CT molecular complexity index is 328. The largest absolute Gasteiger partial charge is 0.271 e. The molecule has 1 aromatic rings. The Balaban J connectivity index is 2.95. The summed E-state index contributed by atoms with van der Waals surface area (Å²) in [7, 11) is 0. The van der Waals surface area contributed by atoms with E-state index in [9.17, 15) is 4.39 Å². The first-order chi connectivity index (χ1) is 7.04. The molecule has 1 rings (SSSR count). The Morgan fingerprint density at radius 1 is 1.47 bits per heavy atom. The van der Waals surface area contributed by atoms with Gasteiger partial charge in [-0.1, -0.05) is 25.4 Å². The number of hydrogen-bond donors (Lipinski definition) is 2. The Morgan fingerprint density at radius 2 is 2.13 bits per heavy atom. The molecule has 0 spiro atoms. The second kappa shape index (κ2) is 5.45. The van der Waals surface area contributed by atoms with Gasteiger partial charge in [0.05, 0.1) is 0 Å². The summed E-state index contributed by atoms with van der Waals surface area (Å²) in [5.74, 6) is 5.57. The molecule has 0 saturated carbocycles. The van der Waals surface area contributed by atoms with Gasteiger partial charge in [0.2, 0.25) is 0 Å². The second-order valence-corrected chi connectivity index (χ2v) is 4.45. The van der Waals surface area contributed by atoms with Gasteiger partial charge in [-0.05, 0) is 30.5 Å². The van der Waals surface area contributed by atoms with E-state index in [1.54, 1.807) is 6.07 Å². The summed E-state index contributed by atoms with van der Waals surface area (Å²) >= 11 is 5.82. The lowest BCUT2D eigenvalue weighted by atomic mass is 9.97. The third-order valence-electron chi connectivity index (χ3n) is 2.24. The smallest absolute Gasteiger partial charge is 0.128 e. The van der Waals surface area contributed by atoms with E-state index in [0.717, 1.165) is 6.42 Å². The highest BCUT2D eigenvalue weighted by molar-refractivity contribution is 6.30. The number of nitrogens with two attached hydrogens (primary N) is 1. The van der Waals surface area contributed by atoms with Gasteiger partial charge in [-0.3, -0.25) is 11.3 Å². The minimum atomic E-state index is -0.275. The van der Waals surface area contributed by atoms with Crippen molar-refractivity contribution < 1.29 is 4.39 Å². The normalized spacial score (nSPS) is 13.2. The minimum Gasteiger partial charge on any atom is -0.271 e. The summed E-state index contributed by atoms with van der Waals surface area (Å²) < 4.78 is 13.5. The molecule has 0 amide bonds. The Labute approximate surface area is 94.6 Å². The molecule has 3 N–H and O–H groups in total. The maximum Gasteiger partial charge on any atom is 0.128 e. The van der Waals surface area contributed by atoms with Gasteiger partial charge < -0.3 is 0 Å². The van der Waals surface area contributed by atoms with E-state index in [0.29, 0.717) is 16.5 Å².